The van der Waals surface area contributed by atoms with E-state index in [-0.39, 0.29) is 36.6 Å². The summed E-state index contributed by atoms with van der Waals surface area (Å²) in [5.74, 6) is -2.68. The molecular formula is C28H41N5O5. The zero-order valence-corrected chi connectivity index (χ0v) is 22.7. The van der Waals surface area contributed by atoms with Crippen LogP contribution in [0.1, 0.15) is 58.9 Å². The number of H-pyrrole nitrogens is 1. The highest BCUT2D eigenvalue weighted by atomic mass is 16.4. The highest BCUT2D eigenvalue weighted by molar-refractivity contribution is 5.95. The molecule has 10 nitrogen and oxygen atoms in total. The molecule has 1 saturated heterocycles. The summed E-state index contributed by atoms with van der Waals surface area (Å²) in [5, 5.41) is 22.0. The third kappa shape index (κ3) is 7.80. The van der Waals surface area contributed by atoms with Crippen LogP contribution in [0, 0.1) is 11.8 Å². The number of aliphatic carboxylic acids is 1. The van der Waals surface area contributed by atoms with Crippen LogP contribution in [0.3, 0.4) is 0 Å². The van der Waals surface area contributed by atoms with Gasteiger partial charge in [-0.15, -0.1) is 0 Å². The molecule has 1 aliphatic heterocycles. The fraction of sp³-hybridized carbons (Fsp3) is 0.571. The van der Waals surface area contributed by atoms with Gasteiger partial charge >= 0.3 is 5.97 Å². The average molecular weight is 528 g/mol. The molecule has 1 aromatic carbocycles. The molecule has 10 heteroatoms. The molecule has 0 aliphatic carbocycles. The topological polar surface area (TPSA) is 152 Å². The van der Waals surface area contributed by atoms with Gasteiger partial charge in [0, 0.05) is 23.5 Å². The van der Waals surface area contributed by atoms with Crippen LogP contribution in [0.5, 0.6) is 0 Å². The number of benzene rings is 1. The van der Waals surface area contributed by atoms with Gasteiger partial charge in [0.2, 0.25) is 17.7 Å². The first-order valence-electron chi connectivity index (χ1n) is 13.5. The zero-order valence-electron chi connectivity index (χ0n) is 22.7. The van der Waals surface area contributed by atoms with E-state index >= 15 is 0 Å². The summed E-state index contributed by atoms with van der Waals surface area (Å²) in [6.07, 6.45) is 4.95. The lowest BCUT2D eigenvalue weighted by atomic mass is 9.98. The third-order valence-corrected chi connectivity index (χ3v) is 6.93. The molecule has 0 saturated carbocycles. The first-order chi connectivity index (χ1) is 18.1. The van der Waals surface area contributed by atoms with E-state index < -0.39 is 35.9 Å². The lowest BCUT2D eigenvalue weighted by Crippen LogP contribution is -2.59. The summed E-state index contributed by atoms with van der Waals surface area (Å²) >= 11 is 0. The molecule has 208 valence electrons. The van der Waals surface area contributed by atoms with E-state index in [4.69, 9.17) is 0 Å². The van der Waals surface area contributed by atoms with E-state index in [1.165, 1.54) is 0 Å². The third-order valence-electron chi connectivity index (χ3n) is 6.93. The van der Waals surface area contributed by atoms with E-state index in [0.717, 1.165) is 35.9 Å². The number of fused-ring (bicyclic) bond motifs is 1. The minimum Gasteiger partial charge on any atom is -0.480 e. The molecule has 38 heavy (non-hydrogen) atoms. The summed E-state index contributed by atoms with van der Waals surface area (Å²) in [7, 11) is 0. The zero-order chi connectivity index (χ0) is 27.8. The SMILES string of the molecule is CC(C)C[C@H](NC(=O)[C@@H](NC(=O)[C@H](Cc1c[nH]c2ccccc12)NC(=O)[C@@H]1CCCCN1)C(C)C)C(=O)O. The van der Waals surface area contributed by atoms with E-state index in [2.05, 4.69) is 26.3 Å². The normalized spacial score (nSPS) is 18.1. The Bertz CT molecular complexity index is 1120. The van der Waals surface area contributed by atoms with Crippen molar-refractivity contribution in [3.63, 3.8) is 0 Å². The summed E-state index contributed by atoms with van der Waals surface area (Å²) in [5.41, 5.74) is 1.79. The molecule has 4 atom stereocenters. The van der Waals surface area contributed by atoms with Crippen LogP contribution in [-0.4, -0.2) is 64.5 Å². The van der Waals surface area contributed by atoms with Gasteiger partial charge in [-0.25, -0.2) is 4.79 Å². The van der Waals surface area contributed by atoms with Crippen LogP contribution in [0.4, 0.5) is 0 Å². The van der Waals surface area contributed by atoms with Crippen molar-refractivity contribution in [1.82, 2.24) is 26.3 Å². The van der Waals surface area contributed by atoms with Crippen molar-refractivity contribution < 1.29 is 24.3 Å². The molecule has 0 spiro atoms. The second-order valence-electron chi connectivity index (χ2n) is 10.9. The number of amides is 3. The summed E-state index contributed by atoms with van der Waals surface area (Å²) in [6.45, 7) is 8.06. The van der Waals surface area contributed by atoms with Gasteiger partial charge in [0.05, 0.1) is 6.04 Å². The minimum absolute atomic E-state index is 0.0626. The average Bonchev–Trinajstić information content (AvgIpc) is 3.29. The Labute approximate surface area is 223 Å². The van der Waals surface area contributed by atoms with Gasteiger partial charge in [-0.1, -0.05) is 52.3 Å². The molecule has 0 bridgehead atoms. The van der Waals surface area contributed by atoms with Crippen LogP contribution in [0.25, 0.3) is 10.9 Å². The first kappa shape index (κ1) is 29.2. The number of carbonyl (C=O) groups is 4. The van der Waals surface area contributed by atoms with E-state index in [0.29, 0.717) is 6.42 Å². The maximum absolute atomic E-state index is 13.6. The van der Waals surface area contributed by atoms with E-state index in [1.54, 1.807) is 13.8 Å². The molecule has 3 amide bonds. The van der Waals surface area contributed by atoms with Crippen molar-refractivity contribution in [2.24, 2.45) is 11.8 Å². The van der Waals surface area contributed by atoms with Gasteiger partial charge < -0.3 is 31.4 Å². The molecule has 2 aromatic rings. The predicted octanol–water partition coefficient (Wildman–Crippen LogP) is 2.09. The molecule has 0 radical (unpaired) electrons. The lowest BCUT2D eigenvalue weighted by molar-refractivity contribution is -0.143. The van der Waals surface area contributed by atoms with Crippen molar-refractivity contribution >= 4 is 34.6 Å². The van der Waals surface area contributed by atoms with Gasteiger partial charge in [-0.3, -0.25) is 14.4 Å². The monoisotopic (exact) mass is 527 g/mol. The summed E-state index contributed by atoms with van der Waals surface area (Å²) in [6, 6.07) is 4.39. The van der Waals surface area contributed by atoms with Gasteiger partial charge in [-0.05, 0) is 49.3 Å². The second kappa shape index (κ2) is 13.4. The number of carboxylic acids is 1. The van der Waals surface area contributed by atoms with Crippen molar-refractivity contribution in [2.45, 2.75) is 84.0 Å². The molecule has 1 aromatic heterocycles. The Morgan fingerprint density at radius 3 is 2.34 bits per heavy atom. The molecule has 0 unspecified atom stereocenters. The smallest absolute Gasteiger partial charge is 0.326 e. The van der Waals surface area contributed by atoms with Crippen molar-refractivity contribution in [2.75, 3.05) is 6.54 Å². The molecular weight excluding hydrogens is 486 g/mol. The van der Waals surface area contributed by atoms with Crippen LogP contribution in [0.15, 0.2) is 30.5 Å². The maximum Gasteiger partial charge on any atom is 0.326 e. The largest absolute Gasteiger partial charge is 0.480 e. The number of aromatic amines is 1. The molecule has 3 rings (SSSR count). The number of piperidine rings is 1. The fourth-order valence-electron chi connectivity index (χ4n) is 4.82. The Morgan fingerprint density at radius 2 is 1.71 bits per heavy atom. The van der Waals surface area contributed by atoms with Crippen LogP contribution in [0.2, 0.25) is 0 Å². The number of nitrogens with one attached hydrogen (secondary N) is 5. The highest BCUT2D eigenvalue weighted by Crippen LogP contribution is 2.20. The fourth-order valence-corrected chi connectivity index (χ4v) is 4.82. The second-order valence-corrected chi connectivity index (χ2v) is 10.9. The highest BCUT2D eigenvalue weighted by Gasteiger charge is 2.33. The van der Waals surface area contributed by atoms with Gasteiger partial charge in [0.25, 0.3) is 0 Å². The lowest BCUT2D eigenvalue weighted by Gasteiger charge is -2.28. The molecule has 6 N–H and O–H groups in total. The number of carboxylic acid groups (broad SMARTS) is 1. The maximum atomic E-state index is 13.6. The Balaban J connectivity index is 1.80. The van der Waals surface area contributed by atoms with E-state index in [9.17, 15) is 24.3 Å². The molecule has 1 fully saturated rings. The predicted molar refractivity (Wildman–Crippen MR) is 145 cm³/mol. The van der Waals surface area contributed by atoms with E-state index in [1.807, 2.05) is 44.3 Å². The number of aromatic nitrogens is 1. The minimum atomic E-state index is -1.12. The first-order valence-corrected chi connectivity index (χ1v) is 13.5. The Kier molecular flexibility index (Phi) is 10.3. The van der Waals surface area contributed by atoms with Crippen molar-refractivity contribution in [1.29, 1.82) is 0 Å². The number of carbonyl (C=O) groups excluding carboxylic acids is 3. The number of rotatable bonds is 12. The Morgan fingerprint density at radius 1 is 0.974 bits per heavy atom. The van der Waals surface area contributed by atoms with Crippen LogP contribution < -0.4 is 21.3 Å². The van der Waals surface area contributed by atoms with Crippen LogP contribution in [-0.2, 0) is 25.6 Å². The van der Waals surface area contributed by atoms with Gasteiger partial charge in [0.1, 0.15) is 18.1 Å². The number of para-hydroxylation sites is 1. The number of hydrogen-bond donors (Lipinski definition) is 6. The van der Waals surface area contributed by atoms with Crippen molar-refractivity contribution in [3.8, 4) is 0 Å². The van der Waals surface area contributed by atoms with Gasteiger partial charge in [-0.2, -0.15) is 0 Å². The Hall–Kier alpha value is -3.40. The summed E-state index contributed by atoms with van der Waals surface area (Å²) in [4.78, 5) is 54.7. The van der Waals surface area contributed by atoms with Crippen LogP contribution >= 0.6 is 0 Å². The van der Waals surface area contributed by atoms with Gasteiger partial charge in [0.15, 0.2) is 0 Å². The summed E-state index contributed by atoms with van der Waals surface area (Å²) < 4.78 is 0. The van der Waals surface area contributed by atoms with Crippen molar-refractivity contribution in [3.05, 3.63) is 36.0 Å². The number of hydrogen-bond acceptors (Lipinski definition) is 5. The molecule has 2 heterocycles. The standard InChI is InChI=1S/C28H41N5O5/c1-16(2)13-23(28(37)38)32-27(36)24(17(3)4)33-26(35)22(31-25(34)21-11-7-8-12-29-21)14-18-15-30-20-10-6-5-9-19(18)20/h5-6,9-10,15-17,21-24,29-30H,7-8,11-14H2,1-4H3,(H,31,34)(H,32,36)(H,33,35)(H,37,38)/t21-,22-,23-,24-/m0/s1. The molecule has 1 aliphatic rings. The quantitative estimate of drug-likeness (QED) is 0.249.